The molecule has 1 aromatic carbocycles. The molecule has 1 amide bonds. The minimum atomic E-state index is -0.233. The normalized spacial score (nSPS) is 11.3. The van der Waals surface area contributed by atoms with Crippen molar-refractivity contribution in [1.82, 2.24) is 30.1 Å². The third-order valence-electron chi connectivity index (χ3n) is 4.18. The molecule has 3 heterocycles. The van der Waals surface area contributed by atoms with Crippen molar-refractivity contribution in [2.75, 3.05) is 0 Å². The van der Waals surface area contributed by atoms with Crippen LogP contribution in [0, 0.1) is 0 Å². The lowest BCUT2D eigenvalue weighted by Crippen LogP contribution is -2.23. The van der Waals surface area contributed by atoms with Crippen molar-refractivity contribution in [3.63, 3.8) is 0 Å². The number of hydrogen-bond acceptors (Lipinski definition) is 6. The molecule has 3 aromatic heterocycles. The Labute approximate surface area is 165 Å². The monoisotopic (exact) mass is 396 g/mol. The molecule has 0 atom stereocenters. The molecule has 28 heavy (non-hydrogen) atoms. The van der Waals surface area contributed by atoms with Crippen LogP contribution in [0.3, 0.4) is 0 Å². The van der Waals surface area contributed by atoms with Gasteiger partial charge in [0, 0.05) is 28.3 Å². The third kappa shape index (κ3) is 3.59. The van der Waals surface area contributed by atoms with Crippen LogP contribution in [0.1, 0.15) is 41.8 Å². The summed E-state index contributed by atoms with van der Waals surface area (Å²) in [5.41, 5.74) is 1.86. The van der Waals surface area contributed by atoms with Crippen LogP contribution < -0.4 is 5.32 Å². The number of amides is 1. The Morgan fingerprint density at radius 1 is 1.25 bits per heavy atom. The molecule has 142 valence electrons. The molecule has 0 spiro atoms. The maximum Gasteiger partial charge on any atom is 0.258 e. The lowest BCUT2D eigenvalue weighted by molar-refractivity contribution is 0.0950. The number of benzene rings is 1. The van der Waals surface area contributed by atoms with Gasteiger partial charge in [0.1, 0.15) is 0 Å². The Hall–Kier alpha value is -3.26. The van der Waals surface area contributed by atoms with Gasteiger partial charge in [-0.15, -0.1) is 10.2 Å². The lowest BCUT2D eigenvalue weighted by atomic mass is 10.2. The number of rotatable bonds is 5. The zero-order chi connectivity index (χ0) is 19.7. The minimum Gasteiger partial charge on any atom is -0.345 e. The second kappa shape index (κ2) is 7.40. The molecule has 0 radical (unpaired) electrons. The molecule has 0 fully saturated rings. The third-order valence-corrected chi connectivity index (χ3v) is 4.41. The first kappa shape index (κ1) is 18.1. The zero-order valence-electron chi connectivity index (χ0n) is 15.3. The fourth-order valence-corrected chi connectivity index (χ4v) is 2.86. The van der Waals surface area contributed by atoms with Crippen molar-refractivity contribution in [3.05, 3.63) is 64.8 Å². The van der Waals surface area contributed by atoms with Gasteiger partial charge >= 0.3 is 0 Å². The highest BCUT2D eigenvalue weighted by molar-refractivity contribution is 6.30. The highest BCUT2D eigenvalue weighted by Gasteiger charge is 2.14. The van der Waals surface area contributed by atoms with Gasteiger partial charge in [-0.05, 0) is 30.3 Å². The van der Waals surface area contributed by atoms with E-state index in [0.29, 0.717) is 33.8 Å². The average Bonchev–Trinajstić information content (AvgIpc) is 3.33. The largest absolute Gasteiger partial charge is 0.345 e. The first-order valence-electron chi connectivity index (χ1n) is 8.72. The van der Waals surface area contributed by atoms with Gasteiger partial charge in [-0.25, -0.2) is 0 Å². The first-order chi connectivity index (χ1) is 13.5. The summed E-state index contributed by atoms with van der Waals surface area (Å²) in [6.45, 7) is 4.23. The minimum absolute atomic E-state index is 0.184. The molecule has 1 N–H and O–H groups in total. The SMILES string of the molecule is CC(C)c1noc(-c2ccn3c(CNC(=O)c4cccc(Cl)c4)nnc3c2)n1. The molecule has 4 rings (SSSR count). The molecule has 0 bridgehead atoms. The molecule has 9 heteroatoms. The van der Waals surface area contributed by atoms with Crippen LogP contribution in [-0.2, 0) is 6.54 Å². The van der Waals surface area contributed by atoms with Crippen LogP contribution >= 0.6 is 11.6 Å². The number of aromatic nitrogens is 5. The Morgan fingerprint density at radius 2 is 2.11 bits per heavy atom. The average molecular weight is 397 g/mol. The summed E-state index contributed by atoms with van der Waals surface area (Å²) in [5.74, 6) is 1.64. The highest BCUT2D eigenvalue weighted by atomic mass is 35.5. The molecular formula is C19H17ClN6O2. The van der Waals surface area contributed by atoms with E-state index in [1.165, 1.54) is 0 Å². The van der Waals surface area contributed by atoms with Crippen LogP contribution in [-0.4, -0.2) is 30.6 Å². The van der Waals surface area contributed by atoms with E-state index in [1.54, 1.807) is 28.7 Å². The summed E-state index contributed by atoms with van der Waals surface area (Å²) in [7, 11) is 0. The van der Waals surface area contributed by atoms with Gasteiger partial charge in [-0.2, -0.15) is 4.98 Å². The smallest absolute Gasteiger partial charge is 0.258 e. The molecule has 0 saturated heterocycles. The second-order valence-corrected chi connectivity index (χ2v) is 7.00. The van der Waals surface area contributed by atoms with Crippen LogP contribution in [0.2, 0.25) is 5.02 Å². The number of halogens is 1. The molecule has 0 aliphatic rings. The topological polar surface area (TPSA) is 98.2 Å². The van der Waals surface area contributed by atoms with E-state index in [4.69, 9.17) is 16.1 Å². The number of fused-ring (bicyclic) bond motifs is 1. The maximum absolute atomic E-state index is 12.3. The highest BCUT2D eigenvalue weighted by Crippen LogP contribution is 2.21. The second-order valence-electron chi connectivity index (χ2n) is 6.57. The van der Waals surface area contributed by atoms with E-state index in [-0.39, 0.29) is 18.4 Å². The predicted molar refractivity (Wildman–Crippen MR) is 103 cm³/mol. The van der Waals surface area contributed by atoms with E-state index in [2.05, 4.69) is 25.7 Å². The fourth-order valence-electron chi connectivity index (χ4n) is 2.67. The Balaban J connectivity index is 1.52. The van der Waals surface area contributed by atoms with Crippen molar-refractivity contribution in [2.24, 2.45) is 0 Å². The molecule has 4 aromatic rings. The van der Waals surface area contributed by atoms with E-state index in [1.807, 2.05) is 32.2 Å². The van der Waals surface area contributed by atoms with Crippen molar-refractivity contribution < 1.29 is 9.32 Å². The van der Waals surface area contributed by atoms with Crippen molar-refractivity contribution in [1.29, 1.82) is 0 Å². The van der Waals surface area contributed by atoms with Crippen LogP contribution in [0.25, 0.3) is 17.1 Å². The van der Waals surface area contributed by atoms with Crippen LogP contribution in [0.15, 0.2) is 47.1 Å². The van der Waals surface area contributed by atoms with Crippen LogP contribution in [0.5, 0.6) is 0 Å². The fraction of sp³-hybridized carbons (Fsp3) is 0.211. The Kier molecular flexibility index (Phi) is 4.79. The summed E-state index contributed by atoms with van der Waals surface area (Å²) in [4.78, 5) is 16.7. The van der Waals surface area contributed by atoms with Gasteiger partial charge in [0.05, 0.1) is 6.54 Å². The number of pyridine rings is 1. The van der Waals surface area contributed by atoms with E-state index in [9.17, 15) is 4.79 Å². The Bertz CT molecular complexity index is 1150. The van der Waals surface area contributed by atoms with E-state index < -0.39 is 0 Å². The number of carbonyl (C=O) groups is 1. The van der Waals surface area contributed by atoms with Gasteiger partial charge in [0.15, 0.2) is 17.3 Å². The molecule has 0 aliphatic heterocycles. The summed E-state index contributed by atoms with van der Waals surface area (Å²) < 4.78 is 7.11. The lowest BCUT2D eigenvalue weighted by Gasteiger charge is -2.05. The summed E-state index contributed by atoms with van der Waals surface area (Å²) in [6, 6.07) is 10.4. The molecule has 0 unspecified atom stereocenters. The number of nitrogens with zero attached hydrogens (tertiary/aromatic N) is 5. The first-order valence-corrected chi connectivity index (χ1v) is 9.10. The molecule has 0 aliphatic carbocycles. The number of nitrogens with one attached hydrogen (secondary N) is 1. The quantitative estimate of drug-likeness (QED) is 0.554. The van der Waals surface area contributed by atoms with Crippen LogP contribution in [0.4, 0.5) is 0 Å². The zero-order valence-corrected chi connectivity index (χ0v) is 16.0. The van der Waals surface area contributed by atoms with Gasteiger partial charge in [-0.1, -0.05) is 36.7 Å². The maximum atomic E-state index is 12.3. The van der Waals surface area contributed by atoms with Crippen molar-refractivity contribution >= 4 is 23.2 Å². The summed E-state index contributed by atoms with van der Waals surface area (Å²) in [6.07, 6.45) is 1.81. The molecule has 0 saturated carbocycles. The summed E-state index contributed by atoms with van der Waals surface area (Å²) >= 11 is 5.93. The van der Waals surface area contributed by atoms with Crippen molar-refractivity contribution in [2.45, 2.75) is 26.3 Å². The van der Waals surface area contributed by atoms with Gasteiger partial charge in [-0.3, -0.25) is 9.20 Å². The summed E-state index contributed by atoms with van der Waals surface area (Å²) in [5, 5.41) is 15.6. The molecular weight excluding hydrogens is 380 g/mol. The predicted octanol–water partition coefficient (Wildman–Crippen LogP) is 3.49. The van der Waals surface area contributed by atoms with E-state index in [0.717, 1.165) is 5.56 Å². The van der Waals surface area contributed by atoms with E-state index >= 15 is 0 Å². The Morgan fingerprint density at radius 3 is 2.86 bits per heavy atom. The van der Waals surface area contributed by atoms with Gasteiger partial charge in [0.2, 0.25) is 0 Å². The number of carbonyl (C=O) groups excluding carboxylic acids is 1. The standard InChI is InChI=1S/C19H17ClN6O2/c1-11(2)17-22-19(28-25-17)13-6-7-26-15(9-13)23-24-16(26)10-21-18(27)12-4-3-5-14(20)8-12/h3-9,11H,10H2,1-2H3,(H,21,27). The van der Waals surface area contributed by atoms with Gasteiger partial charge < -0.3 is 9.84 Å². The van der Waals surface area contributed by atoms with Crippen molar-refractivity contribution in [3.8, 4) is 11.5 Å². The number of hydrogen-bond donors (Lipinski definition) is 1. The van der Waals surface area contributed by atoms with Gasteiger partial charge in [0.25, 0.3) is 11.8 Å². The molecule has 8 nitrogen and oxygen atoms in total.